The van der Waals surface area contributed by atoms with Gasteiger partial charge in [0.15, 0.2) is 5.65 Å². The van der Waals surface area contributed by atoms with Crippen LogP contribution < -0.4 is 15.2 Å². The van der Waals surface area contributed by atoms with Crippen LogP contribution in [-0.4, -0.2) is 32.6 Å². The molecule has 1 amide bonds. The molecular weight excluding hydrogens is 414 g/mol. The molecule has 5 rings (SSSR count). The number of nitrogens with two attached hydrogens (primary N) is 1. The van der Waals surface area contributed by atoms with Crippen LogP contribution >= 0.6 is 11.3 Å². The van der Waals surface area contributed by atoms with Crippen LogP contribution in [0.4, 0.5) is 0 Å². The normalized spacial score (nSPS) is 11.1. The number of imidazole rings is 1. The monoisotopic (exact) mass is 431 g/mol. The van der Waals surface area contributed by atoms with Crippen molar-refractivity contribution < 1.29 is 14.3 Å². The number of nitrogens with zero attached hydrogens (tertiary/aromatic N) is 4. The number of thiophene rings is 1. The maximum absolute atomic E-state index is 11.4. The molecule has 0 aliphatic rings. The van der Waals surface area contributed by atoms with Crippen molar-refractivity contribution in [1.82, 2.24) is 19.6 Å². The van der Waals surface area contributed by atoms with Gasteiger partial charge in [0, 0.05) is 17.6 Å². The van der Waals surface area contributed by atoms with Gasteiger partial charge in [0.2, 0.25) is 0 Å². The molecule has 0 bridgehead atoms. The SMILES string of the molecule is COc1ccc2c(OCc3cnc4ccc(-c5ccc(C(N)=O)s5)nn34)ccnc2c1. The van der Waals surface area contributed by atoms with E-state index in [1.807, 2.05) is 42.5 Å². The van der Waals surface area contributed by atoms with E-state index in [1.54, 1.807) is 30.1 Å². The largest absolute Gasteiger partial charge is 0.497 e. The molecule has 154 valence electrons. The first-order valence-corrected chi connectivity index (χ1v) is 10.2. The smallest absolute Gasteiger partial charge is 0.258 e. The van der Waals surface area contributed by atoms with E-state index in [0.717, 1.165) is 32.9 Å². The number of rotatable bonds is 6. The lowest BCUT2D eigenvalue weighted by Gasteiger charge is -2.09. The van der Waals surface area contributed by atoms with Gasteiger partial charge in [-0.25, -0.2) is 9.50 Å². The predicted octanol–water partition coefficient (Wildman–Crippen LogP) is 3.69. The number of fused-ring (bicyclic) bond motifs is 2. The fourth-order valence-electron chi connectivity index (χ4n) is 3.26. The lowest BCUT2D eigenvalue weighted by Crippen LogP contribution is -2.08. The number of benzene rings is 1. The summed E-state index contributed by atoms with van der Waals surface area (Å²) in [6.45, 7) is 0.278. The van der Waals surface area contributed by atoms with Gasteiger partial charge in [0.25, 0.3) is 5.91 Å². The maximum atomic E-state index is 11.4. The second-order valence-electron chi connectivity index (χ2n) is 6.75. The minimum Gasteiger partial charge on any atom is -0.497 e. The zero-order valence-electron chi connectivity index (χ0n) is 16.5. The number of carbonyl (C=O) groups excluding carboxylic acids is 1. The van der Waals surface area contributed by atoms with Crippen LogP contribution in [0.25, 0.3) is 27.1 Å². The minimum absolute atomic E-state index is 0.278. The number of primary amides is 1. The van der Waals surface area contributed by atoms with Gasteiger partial charge in [0.05, 0.1) is 28.6 Å². The average Bonchev–Trinajstić information content (AvgIpc) is 3.44. The van der Waals surface area contributed by atoms with E-state index in [4.69, 9.17) is 15.2 Å². The van der Waals surface area contributed by atoms with Crippen LogP contribution in [-0.2, 0) is 6.61 Å². The summed E-state index contributed by atoms with van der Waals surface area (Å²) in [5.41, 5.74) is 8.38. The number of hydrogen-bond acceptors (Lipinski definition) is 7. The third kappa shape index (κ3) is 3.55. The molecule has 0 saturated carbocycles. The Morgan fingerprint density at radius 1 is 1.13 bits per heavy atom. The Morgan fingerprint density at radius 2 is 2.03 bits per heavy atom. The first-order valence-electron chi connectivity index (χ1n) is 9.41. The molecule has 0 saturated heterocycles. The number of aromatic nitrogens is 4. The standard InChI is InChI=1S/C22H17N5O3S/c1-29-14-2-3-15-17(10-14)24-9-8-18(15)30-12-13-11-25-21-7-4-16(26-27(13)21)19-5-6-20(31-19)22(23)28/h2-11H,12H2,1H3,(H2,23,28). The van der Waals surface area contributed by atoms with E-state index in [2.05, 4.69) is 15.1 Å². The highest BCUT2D eigenvalue weighted by Crippen LogP contribution is 2.29. The Hall–Kier alpha value is -3.98. The highest BCUT2D eigenvalue weighted by Gasteiger charge is 2.12. The van der Waals surface area contributed by atoms with Gasteiger partial charge in [-0.15, -0.1) is 11.3 Å². The molecule has 0 aliphatic carbocycles. The van der Waals surface area contributed by atoms with Crippen molar-refractivity contribution in [3.8, 4) is 22.1 Å². The van der Waals surface area contributed by atoms with Gasteiger partial charge in [-0.3, -0.25) is 9.78 Å². The minimum atomic E-state index is -0.448. The van der Waals surface area contributed by atoms with Crippen molar-refractivity contribution in [2.75, 3.05) is 7.11 Å². The van der Waals surface area contributed by atoms with Crippen molar-refractivity contribution in [2.45, 2.75) is 6.61 Å². The zero-order chi connectivity index (χ0) is 21.4. The Morgan fingerprint density at radius 3 is 2.84 bits per heavy atom. The van der Waals surface area contributed by atoms with Crippen LogP contribution in [0.5, 0.6) is 11.5 Å². The number of carbonyl (C=O) groups is 1. The quantitative estimate of drug-likeness (QED) is 0.440. The maximum Gasteiger partial charge on any atom is 0.258 e. The number of amides is 1. The van der Waals surface area contributed by atoms with Gasteiger partial charge >= 0.3 is 0 Å². The van der Waals surface area contributed by atoms with E-state index in [0.29, 0.717) is 16.3 Å². The Labute approximate surface area is 180 Å². The molecule has 0 spiro atoms. The molecule has 0 unspecified atom stereocenters. The lowest BCUT2D eigenvalue weighted by molar-refractivity contribution is 0.100. The number of hydrogen-bond donors (Lipinski definition) is 1. The Kier molecular flexibility index (Phi) is 4.72. The van der Waals surface area contributed by atoms with Crippen LogP contribution in [0.1, 0.15) is 15.4 Å². The van der Waals surface area contributed by atoms with E-state index >= 15 is 0 Å². The van der Waals surface area contributed by atoms with E-state index in [1.165, 1.54) is 11.3 Å². The van der Waals surface area contributed by atoms with Gasteiger partial charge in [-0.05, 0) is 42.5 Å². The number of methoxy groups -OCH3 is 1. The topological polar surface area (TPSA) is 105 Å². The van der Waals surface area contributed by atoms with Crippen LogP contribution in [0, 0.1) is 0 Å². The summed E-state index contributed by atoms with van der Waals surface area (Å²) < 4.78 is 13.1. The first-order chi connectivity index (χ1) is 15.1. The highest BCUT2D eigenvalue weighted by atomic mass is 32.1. The van der Waals surface area contributed by atoms with Crippen LogP contribution in [0.15, 0.2) is 60.9 Å². The van der Waals surface area contributed by atoms with Crippen LogP contribution in [0.3, 0.4) is 0 Å². The highest BCUT2D eigenvalue weighted by molar-refractivity contribution is 7.17. The molecule has 9 heteroatoms. The second-order valence-corrected chi connectivity index (χ2v) is 7.83. The predicted molar refractivity (Wildman–Crippen MR) is 117 cm³/mol. The lowest BCUT2D eigenvalue weighted by atomic mass is 10.2. The zero-order valence-corrected chi connectivity index (χ0v) is 17.3. The van der Waals surface area contributed by atoms with Gasteiger partial charge in [-0.1, -0.05) is 0 Å². The van der Waals surface area contributed by atoms with Crippen molar-refractivity contribution in [3.63, 3.8) is 0 Å². The third-order valence-corrected chi connectivity index (χ3v) is 5.94. The van der Waals surface area contributed by atoms with Crippen molar-refractivity contribution in [3.05, 3.63) is 71.5 Å². The van der Waals surface area contributed by atoms with Crippen molar-refractivity contribution in [2.24, 2.45) is 5.73 Å². The Balaban J connectivity index is 1.44. The molecule has 0 atom stereocenters. The molecule has 1 aromatic carbocycles. The second kappa shape index (κ2) is 7.69. The summed E-state index contributed by atoms with van der Waals surface area (Å²) in [5.74, 6) is 1.00. The molecule has 4 aromatic heterocycles. The molecule has 8 nitrogen and oxygen atoms in total. The number of ether oxygens (including phenoxy) is 2. The third-order valence-electron chi connectivity index (χ3n) is 4.82. The fourth-order valence-corrected chi connectivity index (χ4v) is 4.09. The molecule has 5 aromatic rings. The van der Waals surface area contributed by atoms with Gasteiger partial charge in [0.1, 0.15) is 29.5 Å². The van der Waals surface area contributed by atoms with Gasteiger partial charge < -0.3 is 15.2 Å². The van der Waals surface area contributed by atoms with E-state index < -0.39 is 5.91 Å². The van der Waals surface area contributed by atoms with Crippen molar-refractivity contribution >= 4 is 33.8 Å². The van der Waals surface area contributed by atoms with Crippen molar-refractivity contribution in [1.29, 1.82) is 0 Å². The van der Waals surface area contributed by atoms with E-state index in [9.17, 15) is 4.79 Å². The number of pyridine rings is 1. The summed E-state index contributed by atoms with van der Waals surface area (Å²) in [6.07, 6.45) is 3.44. The molecule has 2 N–H and O–H groups in total. The summed E-state index contributed by atoms with van der Waals surface area (Å²) >= 11 is 1.31. The molecule has 0 fully saturated rings. The molecular formula is C22H17N5O3S. The molecule has 4 heterocycles. The fraction of sp³-hybridized carbons (Fsp3) is 0.0909. The average molecular weight is 431 g/mol. The van der Waals surface area contributed by atoms with E-state index in [-0.39, 0.29) is 6.61 Å². The van der Waals surface area contributed by atoms with Crippen LogP contribution in [0.2, 0.25) is 0 Å². The van der Waals surface area contributed by atoms with Gasteiger partial charge in [-0.2, -0.15) is 5.10 Å². The molecule has 0 aliphatic heterocycles. The summed E-state index contributed by atoms with van der Waals surface area (Å²) in [7, 11) is 1.62. The first kappa shape index (κ1) is 19.0. The summed E-state index contributed by atoms with van der Waals surface area (Å²) in [4.78, 5) is 21.5. The molecule has 0 radical (unpaired) electrons. The molecule has 31 heavy (non-hydrogen) atoms. The summed E-state index contributed by atoms with van der Waals surface area (Å²) in [6, 6.07) is 14.8. The Bertz CT molecular complexity index is 1430. The summed E-state index contributed by atoms with van der Waals surface area (Å²) in [5, 5.41) is 5.57.